The second-order valence-corrected chi connectivity index (χ2v) is 8.99. The van der Waals surface area contributed by atoms with Crippen LogP contribution in [-0.4, -0.2) is 34.0 Å². The van der Waals surface area contributed by atoms with E-state index in [0.717, 1.165) is 19.0 Å². The molecule has 1 saturated heterocycles. The predicted molar refractivity (Wildman–Crippen MR) is 112 cm³/mol. The predicted octanol–water partition coefficient (Wildman–Crippen LogP) is 3.23. The number of carbonyl (C=O) groups is 1. The highest BCUT2D eigenvalue weighted by molar-refractivity contribution is 7.89. The van der Waals surface area contributed by atoms with Crippen molar-refractivity contribution in [3.63, 3.8) is 0 Å². The van der Waals surface area contributed by atoms with Crippen LogP contribution in [-0.2, 0) is 14.8 Å². The average Bonchev–Trinajstić information content (AvgIpc) is 2.70. The Bertz CT molecular complexity index is 875. The molecule has 0 unspecified atom stereocenters. The van der Waals surface area contributed by atoms with Crippen LogP contribution >= 0.6 is 0 Å². The quantitative estimate of drug-likeness (QED) is 0.747. The maximum absolute atomic E-state index is 12.1. The van der Waals surface area contributed by atoms with Gasteiger partial charge in [0.1, 0.15) is 0 Å². The van der Waals surface area contributed by atoms with E-state index in [9.17, 15) is 13.2 Å². The van der Waals surface area contributed by atoms with Crippen LogP contribution in [0.25, 0.3) is 0 Å². The number of nitrogens with zero attached hydrogens (tertiary/aromatic N) is 1. The SMILES string of the molecule is CC1CCN(c2ccc(NC(=O)CCNS(=O)(=O)c3ccccc3)cc2)CC1. The minimum Gasteiger partial charge on any atom is -0.372 e. The van der Waals surface area contributed by atoms with Crippen molar-refractivity contribution in [3.8, 4) is 0 Å². The van der Waals surface area contributed by atoms with E-state index < -0.39 is 10.0 Å². The maximum atomic E-state index is 12.1. The van der Waals surface area contributed by atoms with Gasteiger partial charge in [-0.2, -0.15) is 0 Å². The van der Waals surface area contributed by atoms with Gasteiger partial charge in [0.2, 0.25) is 15.9 Å². The molecule has 0 atom stereocenters. The summed E-state index contributed by atoms with van der Waals surface area (Å²) in [6, 6.07) is 15.9. The Labute approximate surface area is 167 Å². The summed E-state index contributed by atoms with van der Waals surface area (Å²) in [4.78, 5) is 14.7. The Kier molecular flexibility index (Phi) is 6.70. The number of anilines is 2. The molecule has 3 rings (SSSR count). The van der Waals surface area contributed by atoms with Crippen molar-refractivity contribution < 1.29 is 13.2 Å². The Balaban J connectivity index is 1.46. The number of amides is 1. The molecule has 1 amide bonds. The molecule has 28 heavy (non-hydrogen) atoms. The molecule has 0 radical (unpaired) electrons. The van der Waals surface area contributed by atoms with Crippen molar-refractivity contribution in [1.82, 2.24) is 4.72 Å². The normalized spacial score (nSPS) is 15.4. The van der Waals surface area contributed by atoms with Crippen LogP contribution in [0.15, 0.2) is 59.5 Å². The molecule has 1 aliphatic rings. The summed E-state index contributed by atoms with van der Waals surface area (Å²) in [6.07, 6.45) is 2.48. The molecule has 150 valence electrons. The number of carbonyl (C=O) groups excluding carboxylic acids is 1. The Morgan fingerprint density at radius 1 is 1.04 bits per heavy atom. The van der Waals surface area contributed by atoms with Crippen LogP contribution in [0.4, 0.5) is 11.4 Å². The zero-order valence-corrected chi connectivity index (χ0v) is 16.9. The first kappa shape index (κ1) is 20.4. The first-order valence-corrected chi connectivity index (χ1v) is 11.1. The number of rotatable bonds is 7. The van der Waals surface area contributed by atoms with E-state index in [4.69, 9.17) is 0 Å². The van der Waals surface area contributed by atoms with E-state index >= 15 is 0 Å². The van der Waals surface area contributed by atoms with Gasteiger partial charge in [0.05, 0.1) is 4.90 Å². The number of nitrogens with one attached hydrogen (secondary N) is 2. The maximum Gasteiger partial charge on any atom is 0.240 e. The summed E-state index contributed by atoms with van der Waals surface area (Å²) >= 11 is 0. The van der Waals surface area contributed by atoms with Crippen LogP contribution in [0, 0.1) is 5.92 Å². The lowest BCUT2D eigenvalue weighted by Gasteiger charge is -2.32. The average molecular weight is 402 g/mol. The van der Waals surface area contributed by atoms with E-state index in [2.05, 4.69) is 21.9 Å². The van der Waals surface area contributed by atoms with Gasteiger partial charge < -0.3 is 10.2 Å². The van der Waals surface area contributed by atoms with Crippen molar-refractivity contribution in [3.05, 3.63) is 54.6 Å². The third-order valence-electron chi connectivity index (χ3n) is 5.00. The van der Waals surface area contributed by atoms with E-state index in [1.54, 1.807) is 18.2 Å². The molecular weight excluding hydrogens is 374 g/mol. The fourth-order valence-corrected chi connectivity index (χ4v) is 4.28. The summed E-state index contributed by atoms with van der Waals surface area (Å²) < 4.78 is 26.7. The zero-order valence-electron chi connectivity index (χ0n) is 16.1. The molecule has 1 fully saturated rings. The van der Waals surface area contributed by atoms with E-state index in [1.807, 2.05) is 24.3 Å². The van der Waals surface area contributed by atoms with E-state index in [0.29, 0.717) is 5.69 Å². The lowest BCUT2D eigenvalue weighted by Crippen LogP contribution is -2.32. The molecule has 0 saturated carbocycles. The molecule has 6 nitrogen and oxygen atoms in total. The Morgan fingerprint density at radius 2 is 1.68 bits per heavy atom. The fourth-order valence-electron chi connectivity index (χ4n) is 3.23. The second kappa shape index (κ2) is 9.21. The summed E-state index contributed by atoms with van der Waals surface area (Å²) in [6.45, 7) is 4.46. The topological polar surface area (TPSA) is 78.5 Å². The zero-order chi connectivity index (χ0) is 20.0. The van der Waals surface area contributed by atoms with Crippen molar-refractivity contribution >= 4 is 27.3 Å². The van der Waals surface area contributed by atoms with Gasteiger partial charge in [0.15, 0.2) is 0 Å². The van der Waals surface area contributed by atoms with Crippen LogP contribution in [0.3, 0.4) is 0 Å². The first-order valence-electron chi connectivity index (χ1n) is 9.63. The minimum atomic E-state index is -3.59. The fraction of sp³-hybridized carbons (Fsp3) is 0.381. The molecule has 1 aliphatic heterocycles. The monoisotopic (exact) mass is 401 g/mol. The summed E-state index contributed by atoms with van der Waals surface area (Å²) in [5.74, 6) is 0.560. The summed E-state index contributed by atoms with van der Waals surface area (Å²) in [5.41, 5.74) is 1.88. The van der Waals surface area contributed by atoms with Crippen LogP contribution in [0.1, 0.15) is 26.2 Å². The highest BCUT2D eigenvalue weighted by Crippen LogP contribution is 2.24. The van der Waals surface area contributed by atoms with Crippen molar-refractivity contribution in [2.75, 3.05) is 29.9 Å². The molecule has 2 aromatic rings. The highest BCUT2D eigenvalue weighted by Gasteiger charge is 2.16. The van der Waals surface area contributed by atoms with Crippen molar-refractivity contribution in [2.45, 2.75) is 31.1 Å². The Morgan fingerprint density at radius 3 is 2.32 bits per heavy atom. The smallest absolute Gasteiger partial charge is 0.240 e. The van der Waals surface area contributed by atoms with E-state index in [1.165, 1.54) is 30.7 Å². The van der Waals surface area contributed by atoms with Crippen LogP contribution in [0.5, 0.6) is 0 Å². The molecule has 0 aromatic heterocycles. The molecule has 2 N–H and O–H groups in total. The lowest BCUT2D eigenvalue weighted by atomic mass is 9.99. The summed E-state index contributed by atoms with van der Waals surface area (Å²) in [5, 5.41) is 2.81. The van der Waals surface area contributed by atoms with Gasteiger partial charge in [-0.1, -0.05) is 25.1 Å². The van der Waals surface area contributed by atoms with Gasteiger partial charge in [-0.15, -0.1) is 0 Å². The standard InChI is InChI=1S/C21H27N3O3S/c1-17-12-15-24(16-13-17)19-9-7-18(8-10-19)23-21(25)11-14-22-28(26,27)20-5-3-2-4-6-20/h2-10,17,22H,11-16H2,1H3,(H,23,25). The van der Waals surface area contributed by atoms with Crippen molar-refractivity contribution in [1.29, 1.82) is 0 Å². The molecule has 0 bridgehead atoms. The van der Waals surface area contributed by atoms with Gasteiger partial charge in [-0.25, -0.2) is 13.1 Å². The highest BCUT2D eigenvalue weighted by atomic mass is 32.2. The number of hydrogen-bond acceptors (Lipinski definition) is 4. The third kappa shape index (κ3) is 5.56. The molecule has 0 aliphatic carbocycles. The van der Waals surface area contributed by atoms with Gasteiger partial charge in [0.25, 0.3) is 0 Å². The van der Waals surface area contributed by atoms with Gasteiger partial charge in [-0.3, -0.25) is 4.79 Å². The molecule has 2 aromatic carbocycles. The van der Waals surface area contributed by atoms with Crippen molar-refractivity contribution in [2.24, 2.45) is 5.92 Å². The molecule has 1 heterocycles. The second-order valence-electron chi connectivity index (χ2n) is 7.23. The molecular formula is C21H27N3O3S. The minimum absolute atomic E-state index is 0.0487. The van der Waals surface area contributed by atoms with Gasteiger partial charge >= 0.3 is 0 Å². The largest absolute Gasteiger partial charge is 0.372 e. The number of hydrogen-bond donors (Lipinski definition) is 2. The van der Waals surface area contributed by atoms with Gasteiger partial charge in [0, 0.05) is 37.4 Å². The lowest BCUT2D eigenvalue weighted by molar-refractivity contribution is -0.116. The summed E-state index contributed by atoms with van der Waals surface area (Å²) in [7, 11) is -3.59. The van der Waals surface area contributed by atoms with Crippen LogP contribution < -0.4 is 14.9 Å². The third-order valence-corrected chi connectivity index (χ3v) is 6.47. The van der Waals surface area contributed by atoms with E-state index in [-0.39, 0.29) is 23.8 Å². The first-order chi connectivity index (χ1) is 13.4. The number of benzene rings is 2. The number of piperidine rings is 1. The van der Waals surface area contributed by atoms with Crippen LogP contribution in [0.2, 0.25) is 0 Å². The molecule has 0 spiro atoms. The van der Waals surface area contributed by atoms with Gasteiger partial charge in [-0.05, 0) is 55.2 Å². The number of sulfonamides is 1. The molecule has 7 heteroatoms. The Hall–Kier alpha value is -2.38.